The zero-order chi connectivity index (χ0) is 12.1. The van der Waals surface area contributed by atoms with Gasteiger partial charge in [-0.15, -0.1) is 0 Å². The summed E-state index contributed by atoms with van der Waals surface area (Å²) < 4.78 is 0. The summed E-state index contributed by atoms with van der Waals surface area (Å²) in [7, 11) is 0. The van der Waals surface area contributed by atoms with Crippen molar-refractivity contribution in [1.29, 1.82) is 0 Å². The lowest BCUT2D eigenvalue weighted by Crippen LogP contribution is -2.35. The summed E-state index contributed by atoms with van der Waals surface area (Å²) in [6, 6.07) is 0. The van der Waals surface area contributed by atoms with E-state index >= 15 is 0 Å². The Morgan fingerprint density at radius 2 is 1.83 bits per heavy atom. The van der Waals surface area contributed by atoms with Gasteiger partial charge < -0.3 is 0 Å². The van der Waals surface area contributed by atoms with E-state index in [1.165, 1.54) is 25.7 Å². The van der Waals surface area contributed by atoms with E-state index in [0.29, 0.717) is 10.8 Å². The van der Waals surface area contributed by atoms with Crippen LogP contribution in [0.5, 0.6) is 0 Å². The lowest BCUT2D eigenvalue weighted by Gasteiger charge is -2.44. The van der Waals surface area contributed by atoms with Gasteiger partial charge in [-0.2, -0.15) is 0 Å². The molecule has 3 saturated carbocycles. The van der Waals surface area contributed by atoms with Gasteiger partial charge in [-0.05, 0) is 73.0 Å². The van der Waals surface area contributed by atoms with E-state index in [1.54, 1.807) is 25.7 Å². The van der Waals surface area contributed by atoms with Crippen molar-refractivity contribution in [2.75, 3.05) is 0 Å². The molecule has 0 aromatic rings. The molecule has 0 aromatic heterocycles. The fraction of sp³-hybridized carbons (Fsp3) is 0.889. The molecular weight excluding hydrogens is 216 g/mol. The molecule has 6 unspecified atom stereocenters. The van der Waals surface area contributed by atoms with Crippen LogP contribution in [0.25, 0.3) is 0 Å². The van der Waals surface area contributed by atoms with Gasteiger partial charge in [0.25, 0.3) is 0 Å². The van der Waals surface area contributed by atoms with Crippen LogP contribution in [0.1, 0.15) is 65.2 Å². The minimum atomic E-state index is 0.634. The first-order valence-corrected chi connectivity index (χ1v) is 8.36. The van der Waals surface area contributed by atoms with Crippen molar-refractivity contribution in [2.45, 2.75) is 65.2 Å². The molecule has 0 aliphatic heterocycles. The molecule has 4 bridgehead atoms. The summed E-state index contributed by atoms with van der Waals surface area (Å²) in [4.78, 5) is 0. The SMILES string of the molecule is CC12CCC(C1)C1=C2C2(C)CC3CCCC3C1C2. The summed E-state index contributed by atoms with van der Waals surface area (Å²) in [5, 5.41) is 0. The Kier molecular flexibility index (Phi) is 1.70. The first-order valence-electron chi connectivity index (χ1n) is 8.36. The van der Waals surface area contributed by atoms with E-state index in [-0.39, 0.29) is 0 Å². The molecule has 5 aliphatic carbocycles. The van der Waals surface area contributed by atoms with E-state index in [2.05, 4.69) is 13.8 Å². The van der Waals surface area contributed by atoms with Crippen LogP contribution in [-0.2, 0) is 0 Å². The minimum Gasteiger partial charge on any atom is -0.0633 e. The molecular formula is C18H26. The smallest absolute Gasteiger partial charge is 0.00995 e. The second-order valence-electron chi connectivity index (χ2n) is 8.76. The van der Waals surface area contributed by atoms with Crippen LogP contribution in [0.2, 0.25) is 0 Å². The third-order valence-electron chi connectivity index (χ3n) is 7.69. The maximum absolute atomic E-state index is 2.64. The molecule has 0 saturated heterocycles. The molecule has 6 atom stereocenters. The first kappa shape index (κ1) is 10.5. The molecule has 0 nitrogen and oxygen atoms in total. The van der Waals surface area contributed by atoms with Gasteiger partial charge in [0.15, 0.2) is 0 Å². The van der Waals surface area contributed by atoms with Crippen LogP contribution < -0.4 is 0 Å². The van der Waals surface area contributed by atoms with Gasteiger partial charge in [0.05, 0.1) is 0 Å². The van der Waals surface area contributed by atoms with Crippen LogP contribution in [0.4, 0.5) is 0 Å². The molecule has 0 aromatic carbocycles. The lowest BCUT2D eigenvalue weighted by molar-refractivity contribution is 0.112. The van der Waals surface area contributed by atoms with Crippen molar-refractivity contribution in [3.05, 3.63) is 11.1 Å². The van der Waals surface area contributed by atoms with E-state index < -0.39 is 0 Å². The topological polar surface area (TPSA) is 0 Å². The van der Waals surface area contributed by atoms with Gasteiger partial charge >= 0.3 is 0 Å². The van der Waals surface area contributed by atoms with Gasteiger partial charge in [0.2, 0.25) is 0 Å². The summed E-state index contributed by atoms with van der Waals surface area (Å²) in [6.07, 6.45) is 12.3. The number of allylic oxidation sites excluding steroid dienone is 2. The Hall–Kier alpha value is -0.260. The van der Waals surface area contributed by atoms with Gasteiger partial charge in [0.1, 0.15) is 0 Å². The molecule has 5 aliphatic rings. The third kappa shape index (κ3) is 0.991. The molecule has 0 radical (unpaired) electrons. The lowest BCUT2D eigenvalue weighted by atomic mass is 9.61. The van der Waals surface area contributed by atoms with Crippen LogP contribution in [0.15, 0.2) is 11.1 Å². The predicted octanol–water partition coefficient (Wildman–Crippen LogP) is 4.95. The Morgan fingerprint density at radius 1 is 0.944 bits per heavy atom. The highest BCUT2D eigenvalue weighted by Crippen LogP contribution is 2.74. The van der Waals surface area contributed by atoms with Crippen LogP contribution in [0, 0.1) is 34.5 Å². The molecule has 5 rings (SSSR count). The predicted molar refractivity (Wildman–Crippen MR) is 74.1 cm³/mol. The number of hydrogen-bond acceptors (Lipinski definition) is 0. The van der Waals surface area contributed by atoms with Gasteiger partial charge in [-0.1, -0.05) is 37.8 Å². The maximum Gasteiger partial charge on any atom is -0.00995 e. The van der Waals surface area contributed by atoms with E-state index in [4.69, 9.17) is 0 Å². The summed E-state index contributed by atoms with van der Waals surface area (Å²) in [6.45, 7) is 5.25. The Balaban J connectivity index is 1.69. The second-order valence-corrected chi connectivity index (χ2v) is 8.76. The van der Waals surface area contributed by atoms with Crippen molar-refractivity contribution in [1.82, 2.24) is 0 Å². The Labute approximate surface area is 111 Å². The summed E-state index contributed by atoms with van der Waals surface area (Å²) in [5.41, 5.74) is 5.34. The van der Waals surface area contributed by atoms with Gasteiger partial charge in [0, 0.05) is 0 Å². The average molecular weight is 242 g/mol. The molecule has 0 N–H and O–H groups in total. The zero-order valence-electron chi connectivity index (χ0n) is 12.0. The highest BCUT2D eigenvalue weighted by molar-refractivity contribution is 5.45. The molecule has 3 fully saturated rings. The normalized spacial score (nSPS) is 60.3. The fourth-order valence-electron chi connectivity index (χ4n) is 7.54. The van der Waals surface area contributed by atoms with E-state index in [9.17, 15) is 0 Å². The van der Waals surface area contributed by atoms with Crippen LogP contribution in [0.3, 0.4) is 0 Å². The van der Waals surface area contributed by atoms with Crippen molar-refractivity contribution >= 4 is 0 Å². The monoisotopic (exact) mass is 242 g/mol. The zero-order valence-corrected chi connectivity index (χ0v) is 12.0. The standard InChI is InChI=1S/C18H26/c1-17-7-6-12(9-17)15-14-10-18(2,16(15)17)8-11-4-3-5-13(11)14/h11-14H,3-10H2,1-2H3. The number of fused-ring (bicyclic) bond motifs is 10. The second kappa shape index (κ2) is 2.91. The summed E-state index contributed by atoms with van der Waals surface area (Å²) >= 11 is 0. The Morgan fingerprint density at radius 3 is 2.72 bits per heavy atom. The summed E-state index contributed by atoms with van der Waals surface area (Å²) in [5.74, 6) is 4.27. The van der Waals surface area contributed by atoms with Crippen molar-refractivity contribution in [3.63, 3.8) is 0 Å². The molecule has 0 amide bonds. The molecule has 0 heteroatoms. The Bertz CT molecular complexity index is 459. The van der Waals surface area contributed by atoms with Crippen molar-refractivity contribution in [2.24, 2.45) is 34.5 Å². The van der Waals surface area contributed by atoms with Crippen LogP contribution in [-0.4, -0.2) is 0 Å². The third-order valence-corrected chi connectivity index (χ3v) is 7.69. The molecule has 0 spiro atoms. The minimum absolute atomic E-state index is 0.634. The van der Waals surface area contributed by atoms with Gasteiger partial charge in [-0.3, -0.25) is 0 Å². The fourth-order valence-corrected chi connectivity index (χ4v) is 7.54. The highest BCUT2D eigenvalue weighted by atomic mass is 14.7. The highest BCUT2D eigenvalue weighted by Gasteiger charge is 2.63. The largest absolute Gasteiger partial charge is 0.0633 e. The quantitative estimate of drug-likeness (QED) is 0.416. The first-order chi connectivity index (χ1) is 8.61. The van der Waals surface area contributed by atoms with Crippen LogP contribution >= 0.6 is 0 Å². The molecule has 98 valence electrons. The van der Waals surface area contributed by atoms with Crippen molar-refractivity contribution < 1.29 is 0 Å². The average Bonchev–Trinajstić information content (AvgIpc) is 3.00. The molecule has 18 heavy (non-hydrogen) atoms. The van der Waals surface area contributed by atoms with Gasteiger partial charge in [-0.25, -0.2) is 0 Å². The van der Waals surface area contributed by atoms with E-state index in [1.807, 2.05) is 11.1 Å². The number of hydrogen-bond donors (Lipinski definition) is 0. The molecule has 0 heterocycles. The van der Waals surface area contributed by atoms with Crippen molar-refractivity contribution in [3.8, 4) is 0 Å². The van der Waals surface area contributed by atoms with E-state index in [0.717, 1.165) is 23.7 Å². The number of rotatable bonds is 0. The maximum atomic E-state index is 2.64.